The van der Waals surface area contributed by atoms with Crippen molar-refractivity contribution in [2.45, 2.75) is 42.4 Å². The van der Waals surface area contributed by atoms with Gasteiger partial charge in [-0.2, -0.15) is 0 Å². The van der Waals surface area contributed by atoms with Gasteiger partial charge in [-0.1, -0.05) is 12.1 Å². The summed E-state index contributed by atoms with van der Waals surface area (Å²) >= 11 is 1.60. The maximum atomic E-state index is 4.30. The predicted octanol–water partition coefficient (Wildman–Crippen LogP) is 3.19. The van der Waals surface area contributed by atoms with Gasteiger partial charge in [-0.25, -0.2) is 9.97 Å². The third-order valence-electron chi connectivity index (χ3n) is 3.06. The molecule has 0 saturated heterocycles. The molecule has 4 heteroatoms. The van der Waals surface area contributed by atoms with Crippen molar-refractivity contribution in [1.82, 2.24) is 15.3 Å². The van der Waals surface area contributed by atoms with Crippen LogP contribution in [0.2, 0.25) is 0 Å². The Balaban J connectivity index is 1.59. The van der Waals surface area contributed by atoms with E-state index in [2.05, 4.69) is 39.6 Å². The lowest BCUT2D eigenvalue weighted by molar-refractivity contribution is 0.687. The van der Waals surface area contributed by atoms with Gasteiger partial charge >= 0.3 is 0 Å². The Morgan fingerprint density at radius 3 is 2.47 bits per heavy atom. The number of aryl methyl sites for hydroxylation is 1. The van der Waals surface area contributed by atoms with Crippen molar-refractivity contribution in [3.05, 3.63) is 47.8 Å². The molecule has 1 aliphatic rings. The molecule has 19 heavy (non-hydrogen) atoms. The maximum absolute atomic E-state index is 4.30. The van der Waals surface area contributed by atoms with Crippen LogP contribution in [0.1, 0.15) is 24.0 Å². The molecule has 1 aromatic carbocycles. The molecular weight excluding hydrogens is 254 g/mol. The zero-order chi connectivity index (χ0) is 13.1. The van der Waals surface area contributed by atoms with E-state index in [1.165, 1.54) is 23.3 Å². The summed E-state index contributed by atoms with van der Waals surface area (Å²) in [6.45, 7) is 2.97. The lowest BCUT2D eigenvalue weighted by Gasteiger charge is -2.04. The van der Waals surface area contributed by atoms with E-state index in [-0.39, 0.29) is 0 Å². The summed E-state index contributed by atoms with van der Waals surface area (Å²) in [6, 6.07) is 9.38. The molecule has 1 N–H and O–H groups in total. The predicted molar refractivity (Wildman–Crippen MR) is 77.2 cm³/mol. The summed E-state index contributed by atoms with van der Waals surface area (Å²) in [6.07, 6.45) is 6.36. The first-order valence-electron chi connectivity index (χ1n) is 6.58. The van der Waals surface area contributed by atoms with Crippen LogP contribution in [-0.2, 0) is 6.54 Å². The number of benzene rings is 1. The van der Waals surface area contributed by atoms with E-state index < -0.39 is 0 Å². The SMILES string of the molecule is Cc1cnc(Sc2ccc(CNC3CC3)cc2)nc1. The second-order valence-electron chi connectivity index (χ2n) is 4.94. The molecule has 1 saturated carbocycles. The Bertz CT molecular complexity index is 532. The molecule has 1 heterocycles. The topological polar surface area (TPSA) is 37.8 Å². The molecule has 0 amide bonds. The molecule has 0 bridgehead atoms. The van der Waals surface area contributed by atoms with Crippen LogP contribution in [0.15, 0.2) is 46.7 Å². The highest BCUT2D eigenvalue weighted by molar-refractivity contribution is 7.99. The van der Waals surface area contributed by atoms with E-state index in [1.54, 1.807) is 11.8 Å². The molecule has 1 aliphatic carbocycles. The highest BCUT2D eigenvalue weighted by atomic mass is 32.2. The molecular formula is C15H17N3S. The van der Waals surface area contributed by atoms with Gasteiger partial charge in [0.1, 0.15) is 0 Å². The van der Waals surface area contributed by atoms with Crippen LogP contribution in [0, 0.1) is 6.92 Å². The lowest BCUT2D eigenvalue weighted by atomic mass is 10.2. The first-order chi connectivity index (χ1) is 9.29. The molecule has 0 radical (unpaired) electrons. The van der Waals surface area contributed by atoms with Gasteiger partial charge in [0.25, 0.3) is 0 Å². The average molecular weight is 271 g/mol. The van der Waals surface area contributed by atoms with E-state index in [9.17, 15) is 0 Å². The van der Waals surface area contributed by atoms with Gasteiger partial charge in [-0.05, 0) is 54.8 Å². The molecule has 98 valence electrons. The Morgan fingerprint density at radius 1 is 1.16 bits per heavy atom. The van der Waals surface area contributed by atoms with Crippen molar-refractivity contribution < 1.29 is 0 Å². The Kier molecular flexibility index (Phi) is 3.80. The first-order valence-corrected chi connectivity index (χ1v) is 7.40. The van der Waals surface area contributed by atoms with Crippen LogP contribution in [0.5, 0.6) is 0 Å². The molecule has 3 rings (SSSR count). The Hall–Kier alpha value is -1.39. The van der Waals surface area contributed by atoms with Crippen LogP contribution in [0.4, 0.5) is 0 Å². The number of rotatable bonds is 5. The molecule has 0 unspecified atom stereocenters. The molecule has 0 atom stereocenters. The van der Waals surface area contributed by atoms with E-state index in [0.717, 1.165) is 23.3 Å². The van der Waals surface area contributed by atoms with Crippen molar-refractivity contribution in [1.29, 1.82) is 0 Å². The van der Waals surface area contributed by atoms with Gasteiger partial charge in [0.15, 0.2) is 5.16 Å². The van der Waals surface area contributed by atoms with Gasteiger partial charge in [0.2, 0.25) is 0 Å². The van der Waals surface area contributed by atoms with Crippen molar-refractivity contribution in [3.8, 4) is 0 Å². The molecule has 3 nitrogen and oxygen atoms in total. The zero-order valence-electron chi connectivity index (χ0n) is 11.0. The van der Waals surface area contributed by atoms with Crippen LogP contribution < -0.4 is 5.32 Å². The lowest BCUT2D eigenvalue weighted by Crippen LogP contribution is -2.14. The summed E-state index contributed by atoms with van der Waals surface area (Å²) in [7, 11) is 0. The number of nitrogens with zero attached hydrogens (tertiary/aromatic N) is 2. The third-order valence-corrected chi connectivity index (χ3v) is 3.96. The molecule has 1 fully saturated rings. The number of hydrogen-bond donors (Lipinski definition) is 1. The monoisotopic (exact) mass is 271 g/mol. The Morgan fingerprint density at radius 2 is 1.84 bits per heavy atom. The van der Waals surface area contributed by atoms with Gasteiger partial charge < -0.3 is 5.32 Å². The van der Waals surface area contributed by atoms with Gasteiger partial charge in [0.05, 0.1) is 0 Å². The fourth-order valence-electron chi connectivity index (χ4n) is 1.76. The largest absolute Gasteiger partial charge is 0.310 e. The summed E-state index contributed by atoms with van der Waals surface area (Å²) < 4.78 is 0. The highest BCUT2D eigenvalue weighted by Crippen LogP contribution is 2.25. The fourth-order valence-corrected chi connectivity index (χ4v) is 2.46. The third kappa shape index (κ3) is 3.78. The van der Waals surface area contributed by atoms with Crippen molar-refractivity contribution in [2.75, 3.05) is 0 Å². The minimum Gasteiger partial charge on any atom is -0.310 e. The highest BCUT2D eigenvalue weighted by Gasteiger charge is 2.19. The second kappa shape index (κ2) is 5.72. The first kappa shape index (κ1) is 12.6. The normalized spacial score (nSPS) is 14.6. The van der Waals surface area contributed by atoms with Crippen LogP contribution >= 0.6 is 11.8 Å². The summed E-state index contributed by atoms with van der Waals surface area (Å²) in [4.78, 5) is 9.79. The van der Waals surface area contributed by atoms with E-state index in [0.29, 0.717) is 0 Å². The molecule has 2 aromatic rings. The number of hydrogen-bond acceptors (Lipinski definition) is 4. The Labute approximate surface area is 117 Å². The van der Waals surface area contributed by atoms with E-state index in [1.807, 2.05) is 19.3 Å². The number of nitrogens with one attached hydrogen (secondary N) is 1. The zero-order valence-corrected chi connectivity index (χ0v) is 11.8. The average Bonchev–Trinajstić information content (AvgIpc) is 3.25. The summed E-state index contributed by atoms with van der Waals surface area (Å²) in [5.74, 6) is 0. The van der Waals surface area contributed by atoms with E-state index in [4.69, 9.17) is 0 Å². The van der Waals surface area contributed by atoms with Crippen molar-refractivity contribution >= 4 is 11.8 Å². The maximum Gasteiger partial charge on any atom is 0.192 e. The molecule has 0 spiro atoms. The minimum atomic E-state index is 0.759. The van der Waals surface area contributed by atoms with Gasteiger partial charge in [0, 0.05) is 29.9 Å². The fraction of sp³-hybridized carbons (Fsp3) is 0.333. The van der Waals surface area contributed by atoms with Crippen LogP contribution in [0.3, 0.4) is 0 Å². The van der Waals surface area contributed by atoms with Gasteiger partial charge in [-0.15, -0.1) is 0 Å². The molecule has 0 aliphatic heterocycles. The molecule has 1 aromatic heterocycles. The second-order valence-corrected chi connectivity index (χ2v) is 5.98. The summed E-state index contributed by atoms with van der Waals surface area (Å²) in [5.41, 5.74) is 2.42. The standard InChI is InChI=1S/C15H17N3S/c1-11-8-17-15(18-9-11)19-14-6-2-12(3-7-14)10-16-13-4-5-13/h2-3,6-9,13,16H,4-5,10H2,1H3. The van der Waals surface area contributed by atoms with Crippen molar-refractivity contribution in [2.24, 2.45) is 0 Å². The van der Waals surface area contributed by atoms with E-state index >= 15 is 0 Å². The quantitative estimate of drug-likeness (QED) is 0.848. The smallest absolute Gasteiger partial charge is 0.192 e. The van der Waals surface area contributed by atoms with Crippen molar-refractivity contribution in [3.63, 3.8) is 0 Å². The number of aromatic nitrogens is 2. The van der Waals surface area contributed by atoms with Crippen LogP contribution in [-0.4, -0.2) is 16.0 Å². The summed E-state index contributed by atoms with van der Waals surface area (Å²) in [5, 5.41) is 4.32. The minimum absolute atomic E-state index is 0.759. The van der Waals surface area contributed by atoms with Crippen LogP contribution in [0.25, 0.3) is 0 Å². The van der Waals surface area contributed by atoms with Gasteiger partial charge in [-0.3, -0.25) is 0 Å².